The number of hydrogen-bond acceptors (Lipinski definition) is 4. The van der Waals surface area contributed by atoms with Crippen molar-refractivity contribution in [1.82, 2.24) is 9.55 Å². The number of aromatic nitrogens is 2. The number of nitrogens with zero attached hydrogens (tertiary/aromatic N) is 2. The fourth-order valence-electron chi connectivity index (χ4n) is 2.05. The first-order chi connectivity index (χ1) is 11.9. The van der Waals surface area contributed by atoms with E-state index in [0.717, 1.165) is 26.0 Å². The number of carbonyl (C=O) groups is 1. The van der Waals surface area contributed by atoms with Gasteiger partial charge in [0, 0.05) is 53.8 Å². The van der Waals surface area contributed by atoms with E-state index in [4.69, 9.17) is 9.52 Å². The SMILES string of the molecule is Brc1cccc(Br)c1-n1ccnc1-c1[c-]occ1.CC(=O)/C=C(/C)O.[Ir]. The van der Waals surface area contributed by atoms with Crippen LogP contribution in [0.5, 0.6) is 0 Å². The van der Waals surface area contributed by atoms with Gasteiger partial charge in [-0.05, 0) is 64.1 Å². The first-order valence-corrected chi connectivity index (χ1v) is 8.80. The Kier molecular flexibility index (Phi) is 9.22. The van der Waals surface area contributed by atoms with Gasteiger partial charge in [-0.15, -0.1) is 6.07 Å². The molecule has 139 valence electrons. The van der Waals surface area contributed by atoms with Crippen molar-refractivity contribution >= 4 is 37.6 Å². The van der Waals surface area contributed by atoms with Gasteiger partial charge < -0.3 is 14.1 Å². The maximum atomic E-state index is 10.0. The number of allylic oxidation sites excluding steroid dienone is 2. The Balaban J connectivity index is 0.000000366. The number of benzene rings is 1. The van der Waals surface area contributed by atoms with Crippen LogP contribution < -0.4 is 0 Å². The van der Waals surface area contributed by atoms with Crippen molar-refractivity contribution in [2.45, 2.75) is 13.8 Å². The molecule has 5 nitrogen and oxygen atoms in total. The molecule has 0 amide bonds. The summed E-state index contributed by atoms with van der Waals surface area (Å²) in [6.07, 6.45) is 9.21. The van der Waals surface area contributed by atoms with Gasteiger partial charge in [0.1, 0.15) is 0 Å². The van der Waals surface area contributed by atoms with Crippen LogP contribution in [0.4, 0.5) is 0 Å². The molecule has 2 aromatic heterocycles. The van der Waals surface area contributed by atoms with Crippen LogP contribution >= 0.6 is 31.9 Å². The summed E-state index contributed by atoms with van der Waals surface area (Å²) in [6, 6.07) is 7.79. The Morgan fingerprint density at radius 3 is 2.38 bits per heavy atom. The molecule has 8 heteroatoms. The van der Waals surface area contributed by atoms with Gasteiger partial charge in [-0.2, -0.15) is 0 Å². The van der Waals surface area contributed by atoms with Gasteiger partial charge in [0.15, 0.2) is 5.78 Å². The van der Waals surface area contributed by atoms with E-state index in [-0.39, 0.29) is 31.6 Å². The van der Waals surface area contributed by atoms with Gasteiger partial charge in [-0.3, -0.25) is 9.78 Å². The second-order valence-corrected chi connectivity index (χ2v) is 6.73. The minimum atomic E-state index is -0.125. The number of rotatable bonds is 3. The Labute approximate surface area is 181 Å². The second kappa shape index (κ2) is 10.6. The van der Waals surface area contributed by atoms with Crippen LogP contribution in [-0.2, 0) is 24.9 Å². The predicted octanol–water partition coefficient (Wildman–Crippen LogP) is 5.49. The molecule has 3 aromatic rings. The molecule has 1 aromatic carbocycles. The fourth-order valence-corrected chi connectivity index (χ4v) is 3.43. The smallest absolute Gasteiger partial charge is 0.155 e. The van der Waals surface area contributed by atoms with Gasteiger partial charge in [0.2, 0.25) is 0 Å². The number of carbonyl (C=O) groups excluding carboxylic acids is 1. The zero-order chi connectivity index (χ0) is 18.4. The van der Waals surface area contributed by atoms with Crippen LogP contribution in [0, 0.1) is 6.26 Å². The standard InChI is InChI=1S/C13H7Br2N2O.C5H8O2.Ir/c14-10-2-1-3-11(15)12(10)17-6-5-16-13(17)9-4-7-18-8-9;1-4(6)3-5(2)7;/h1-7H;3,6H,1-2H3;/q-1;;/b;4-3-;. The Morgan fingerprint density at radius 1 is 1.27 bits per heavy atom. The first-order valence-electron chi connectivity index (χ1n) is 7.21. The first kappa shape index (κ1) is 22.6. The molecule has 1 N–H and O–H groups in total. The quantitative estimate of drug-likeness (QED) is 0.230. The zero-order valence-electron chi connectivity index (χ0n) is 13.9. The molecule has 0 atom stereocenters. The van der Waals surface area contributed by atoms with E-state index in [9.17, 15) is 4.79 Å². The summed E-state index contributed by atoms with van der Waals surface area (Å²) < 4.78 is 8.94. The van der Waals surface area contributed by atoms with Crippen molar-refractivity contribution in [3.8, 4) is 17.1 Å². The van der Waals surface area contributed by atoms with Crippen molar-refractivity contribution in [2.24, 2.45) is 0 Å². The molecule has 26 heavy (non-hydrogen) atoms. The third-order valence-corrected chi connectivity index (χ3v) is 4.22. The van der Waals surface area contributed by atoms with Gasteiger partial charge >= 0.3 is 0 Å². The third-order valence-electron chi connectivity index (χ3n) is 2.94. The number of ketones is 1. The molecule has 0 fully saturated rings. The normalized spacial score (nSPS) is 10.5. The van der Waals surface area contributed by atoms with Crippen LogP contribution in [0.1, 0.15) is 13.8 Å². The topological polar surface area (TPSA) is 68.3 Å². The maximum absolute atomic E-state index is 10.0. The monoisotopic (exact) mass is 658 g/mol. The summed E-state index contributed by atoms with van der Waals surface area (Å²) in [5, 5.41) is 8.36. The third kappa shape index (κ3) is 6.05. The van der Waals surface area contributed by atoms with Crippen molar-refractivity contribution < 1.29 is 34.4 Å². The summed E-state index contributed by atoms with van der Waals surface area (Å²) >= 11 is 7.11. The minimum absolute atomic E-state index is 0. The van der Waals surface area contributed by atoms with E-state index in [1.54, 1.807) is 12.5 Å². The molecular weight excluding hydrogens is 644 g/mol. The fraction of sp³-hybridized carbons (Fsp3) is 0.111. The molecule has 0 aliphatic carbocycles. The summed E-state index contributed by atoms with van der Waals surface area (Å²) in [6.45, 7) is 2.85. The molecule has 0 unspecified atom stereocenters. The predicted molar refractivity (Wildman–Crippen MR) is 103 cm³/mol. The van der Waals surface area contributed by atoms with Crippen molar-refractivity contribution in [3.63, 3.8) is 0 Å². The Hall–Kier alpha value is -1.47. The molecule has 2 heterocycles. The molecule has 0 saturated heterocycles. The summed E-state index contributed by atoms with van der Waals surface area (Å²) in [5.74, 6) is 0.726. The molecule has 0 bridgehead atoms. The number of hydrogen-bond donors (Lipinski definition) is 1. The van der Waals surface area contributed by atoms with Crippen LogP contribution in [-0.4, -0.2) is 20.4 Å². The number of furan rings is 1. The van der Waals surface area contributed by atoms with E-state index < -0.39 is 0 Å². The van der Waals surface area contributed by atoms with E-state index in [1.807, 2.05) is 35.0 Å². The summed E-state index contributed by atoms with van der Waals surface area (Å²) in [4.78, 5) is 14.4. The number of aliphatic hydroxyl groups excluding tert-OH is 1. The number of aliphatic hydroxyl groups is 1. The van der Waals surface area contributed by atoms with Crippen LogP contribution in [0.2, 0.25) is 0 Å². The Morgan fingerprint density at radius 2 is 1.92 bits per heavy atom. The molecular formula is C18H15Br2IrN2O3-. The number of imidazole rings is 1. The van der Waals surface area contributed by atoms with Crippen molar-refractivity contribution in [2.75, 3.05) is 0 Å². The van der Waals surface area contributed by atoms with Crippen LogP contribution in [0.15, 0.2) is 68.1 Å². The van der Waals surface area contributed by atoms with Gasteiger partial charge in [0.25, 0.3) is 0 Å². The average molecular weight is 659 g/mol. The Bertz CT molecular complexity index is 865. The molecule has 3 rings (SSSR count). The van der Waals surface area contributed by atoms with E-state index in [1.165, 1.54) is 19.9 Å². The van der Waals surface area contributed by atoms with Gasteiger partial charge in [-0.25, -0.2) is 0 Å². The van der Waals surface area contributed by atoms with E-state index >= 15 is 0 Å². The number of para-hydroxylation sites is 1. The average Bonchev–Trinajstić information content (AvgIpc) is 3.17. The summed E-state index contributed by atoms with van der Waals surface area (Å²) in [5.41, 5.74) is 1.82. The van der Waals surface area contributed by atoms with Crippen molar-refractivity contribution in [3.05, 3.63) is 70.0 Å². The van der Waals surface area contributed by atoms with E-state index in [0.29, 0.717) is 0 Å². The molecule has 0 aliphatic heterocycles. The largest absolute Gasteiger partial charge is 0.565 e. The van der Waals surface area contributed by atoms with E-state index in [2.05, 4.69) is 43.1 Å². The number of halogens is 2. The van der Waals surface area contributed by atoms with Crippen LogP contribution in [0.25, 0.3) is 17.1 Å². The maximum Gasteiger partial charge on any atom is 0.155 e. The summed E-state index contributed by atoms with van der Waals surface area (Å²) in [7, 11) is 0. The molecule has 0 spiro atoms. The van der Waals surface area contributed by atoms with Crippen LogP contribution in [0.3, 0.4) is 0 Å². The zero-order valence-corrected chi connectivity index (χ0v) is 19.4. The second-order valence-electron chi connectivity index (χ2n) is 5.02. The van der Waals surface area contributed by atoms with Crippen molar-refractivity contribution in [1.29, 1.82) is 0 Å². The molecule has 0 aliphatic rings. The van der Waals surface area contributed by atoms with Gasteiger partial charge in [0.05, 0.1) is 17.3 Å². The molecule has 1 radical (unpaired) electrons. The minimum Gasteiger partial charge on any atom is -0.565 e. The molecule has 0 saturated carbocycles. The van der Waals surface area contributed by atoms with Gasteiger partial charge in [-0.1, -0.05) is 11.6 Å².